The van der Waals surface area contributed by atoms with Crippen LogP contribution in [0.2, 0.25) is 0 Å². The van der Waals surface area contributed by atoms with E-state index < -0.39 is 0 Å². The van der Waals surface area contributed by atoms with Gasteiger partial charge >= 0.3 is 6.03 Å². The minimum absolute atomic E-state index is 0.00656. The normalized spacial score (nSPS) is 13.9. The second kappa shape index (κ2) is 7.19. The Morgan fingerprint density at radius 3 is 2.73 bits per heavy atom. The molecule has 0 spiro atoms. The van der Waals surface area contributed by atoms with Gasteiger partial charge in [0.15, 0.2) is 0 Å². The second-order valence-corrected chi connectivity index (χ2v) is 6.68. The lowest BCUT2D eigenvalue weighted by atomic mass is 10.2. The molecule has 2 aromatic heterocycles. The molecule has 26 heavy (non-hydrogen) atoms. The molecule has 0 fully saturated rings. The van der Waals surface area contributed by atoms with Crippen LogP contribution in [0.1, 0.15) is 39.6 Å². The molecule has 0 unspecified atom stereocenters. The standard InChI is InChI=1S/C17H24N6O3/c1-11-15(12(2)26-20-11)16(24)18-9-13-8-14-10-22(17(25)21(3)4)6-5-7-23(14)19-13/h8H,5-7,9-10H2,1-4H3,(H,18,24). The van der Waals surface area contributed by atoms with Crippen molar-refractivity contribution in [2.24, 2.45) is 0 Å². The van der Waals surface area contributed by atoms with Gasteiger partial charge in [-0.25, -0.2) is 4.79 Å². The second-order valence-electron chi connectivity index (χ2n) is 6.68. The van der Waals surface area contributed by atoms with Crippen molar-refractivity contribution in [1.82, 2.24) is 30.1 Å². The fraction of sp³-hybridized carbons (Fsp3) is 0.529. The third kappa shape index (κ3) is 3.56. The predicted octanol–water partition coefficient (Wildman–Crippen LogP) is 1.31. The van der Waals surface area contributed by atoms with Crippen LogP contribution in [0.4, 0.5) is 4.79 Å². The Morgan fingerprint density at radius 1 is 1.31 bits per heavy atom. The van der Waals surface area contributed by atoms with Crippen molar-refractivity contribution in [3.05, 3.63) is 34.5 Å². The summed E-state index contributed by atoms with van der Waals surface area (Å²) in [5, 5.41) is 11.2. The molecular weight excluding hydrogens is 336 g/mol. The number of urea groups is 1. The molecule has 1 aliphatic rings. The molecule has 0 saturated heterocycles. The van der Waals surface area contributed by atoms with E-state index in [1.807, 2.05) is 15.6 Å². The Kier molecular flexibility index (Phi) is 4.97. The molecular formula is C17H24N6O3. The highest BCUT2D eigenvalue weighted by atomic mass is 16.5. The number of carbonyl (C=O) groups is 2. The molecule has 3 rings (SSSR count). The summed E-state index contributed by atoms with van der Waals surface area (Å²) in [6.07, 6.45) is 0.846. The fourth-order valence-corrected chi connectivity index (χ4v) is 3.12. The van der Waals surface area contributed by atoms with E-state index in [1.165, 1.54) is 0 Å². The first kappa shape index (κ1) is 18.0. The van der Waals surface area contributed by atoms with Gasteiger partial charge in [-0.05, 0) is 26.3 Å². The van der Waals surface area contributed by atoms with Crippen LogP contribution in [-0.2, 0) is 19.6 Å². The van der Waals surface area contributed by atoms with Crippen LogP contribution >= 0.6 is 0 Å². The fourth-order valence-electron chi connectivity index (χ4n) is 3.12. The number of nitrogens with zero attached hydrogens (tertiary/aromatic N) is 5. The van der Waals surface area contributed by atoms with Gasteiger partial charge in [-0.1, -0.05) is 5.16 Å². The number of aromatic nitrogens is 3. The van der Waals surface area contributed by atoms with Crippen LogP contribution in [0.25, 0.3) is 0 Å². The number of hydrogen-bond acceptors (Lipinski definition) is 5. The maximum atomic E-state index is 12.3. The van der Waals surface area contributed by atoms with Crippen molar-refractivity contribution in [1.29, 1.82) is 0 Å². The molecule has 3 heterocycles. The van der Waals surface area contributed by atoms with Crippen molar-refractivity contribution in [2.75, 3.05) is 20.6 Å². The minimum atomic E-state index is -0.228. The van der Waals surface area contributed by atoms with Gasteiger partial charge in [0.05, 0.1) is 30.2 Å². The molecule has 0 radical (unpaired) electrons. The molecule has 0 atom stereocenters. The number of nitrogens with one attached hydrogen (secondary N) is 1. The van der Waals surface area contributed by atoms with Crippen LogP contribution in [0.3, 0.4) is 0 Å². The van der Waals surface area contributed by atoms with E-state index in [-0.39, 0.29) is 11.9 Å². The van der Waals surface area contributed by atoms with Gasteiger partial charge in [0, 0.05) is 27.2 Å². The number of fused-ring (bicyclic) bond motifs is 1. The Labute approximate surface area is 151 Å². The smallest absolute Gasteiger partial charge is 0.319 e. The third-order valence-corrected chi connectivity index (χ3v) is 4.41. The molecule has 0 aliphatic carbocycles. The first-order valence-electron chi connectivity index (χ1n) is 8.59. The number of aryl methyl sites for hydroxylation is 3. The van der Waals surface area contributed by atoms with Crippen LogP contribution in [0, 0.1) is 13.8 Å². The van der Waals surface area contributed by atoms with Gasteiger partial charge in [-0.3, -0.25) is 9.48 Å². The van der Waals surface area contributed by atoms with Gasteiger partial charge < -0.3 is 19.6 Å². The Hall–Kier alpha value is -2.84. The van der Waals surface area contributed by atoms with Crippen molar-refractivity contribution in [3.8, 4) is 0 Å². The SMILES string of the molecule is Cc1noc(C)c1C(=O)NCc1cc2n(n1)CCCN(C(=O)N(C)C)C2. The molecule has 9 heteroatoms. The molecule has 3 amide bonds. The first-order valence-corrected chi connectivity index (χ1v) is 8.59. The molecule has 2 aromatic rings. The van der Waals surface area contributed by atoms with E-state index in [9.17, 15) is 9.59 Å². The number of hydrogen-bond donors (Lipinski definition) is 1. The van der Waals surface area contributed by atoms with E-state index in [4.69, 9.17) is 4.52 Å². The van der Waals surface area contributed by atoms with Crippen molar-refractivity contribution < 1.29 is 14.1 Å². The topological polar surface area (TPSA) is 96.5 Å². The summed E-state index contributed by atoms with van der Waals surface area (Å²) in [5.74, 6) is 0.271. The molecule has 140 valence electrons. The summed E-state index contributed by atoms with van der Waals surface area (Å²) >= 11 is 0. The van der Waals surface area contributed by atoms with E-state index >= 15 is 0 Å². The third-order valence-electron chi connectivity index (χ3n) is 4.41. The van der Waals surface area contributed by atoms with Crippen molar-refractivity contribution >= 4 is 11.9 Å². The number of carbonyl (C=O) groups excluding carboxylic acids is 2. The lowest BCUT2D eigenvalue weighted by Crippen LogP contribution is -2.38. The summed E-state index contributed by atoms with van der Waals surface area (Å²) < 4.78 is 6.95. The Bertz CT molecular complexity index is 803. The van der Waals surface area contributed by atoms with Gasteiger partial charge in [0.1, 0.15) is 11.3 Å². The van der Waals surface area contributed by atoms with Gasteiger partial charge in [-0.2, -0.15) is 5.10 Å². The Morgan fingerprint density at radius 2 is 2.08 bits per heavy atom. The zero-order valence-corrected chi connectivity index (χ0v) is 15.6. The van der Waals surface area contributed by atoms with E-state index in [1.54, 1.807) is 32.8 Å². The lowest BCUT2D eigenvalue weighted by molar-refractivity contribution is 0.0948. The minimum Gasteiger partial charge on any atom is -0.361 e. The molecule has 9 nitrogen and oxygen atoms in total. The van der Waals surface area contributed by atoms with Crippen LogP contribution in [0.5, 0.6) is 0 Å². The largest absolute Gasteiger partial charge is 0.361 e. The number of rotatable bonds is 3. The summed E-state index contributed by atoms with van der Waals surface area (Å²) in [5.41, 5.74) is 2.77. The van der Waals surface area contributed by atoms with Crippen molar-refractivity contribution in [2.45, 2.75) is 39.9 Å². The van der Waals surface area contributed by atoms with Crippen molar-refractivity contribution in [3.63, 3.8) is 0 Å². The van der Waals surface area contributed by atoms with Crippen LogP contribution in [-0.4, -0.2) is 57.3 Å². The first-order chi connectivity index (χ1) is 12.4. The van der Waals surface area contributed by atoms with Gasteiger partial charge in [0.25, 0.3) is 5.91 Å². The van der Waals surface area contributed by atoms with Gasteiger partial charge in [-0.15, -0.1) is 0 Å². The predicted molar refractivity (Wildman–Crippen MR) is 93.5 cm³/mol. The lowest BCUT2D eigenvalue weighted by Gasteiger charge is -2.23. The van der Waals surface area contributed by atoms with Crippen LogP contribution in [0.15, 0.2) is 10.6 Å². The van der Waals surface area contributed by atoms with Gasteiger partial charge in [0.2, 0.25) is 0 Å². The van der Waals surface area contributed by atoms with E-state index in [0.29, 0.717) is 36.7 Å². The highest BCUT2D eigenvalue weighted by molar-refractivity contribution is 5.95. The summed E-state index contributed by atoms with van der Waals surface area (Å²) in [6, 6.07) is 1.93. The molecule has 0 saturated carbocycles. The summed E-state index contributed by atoms with van der Waals surface area (Å²) in [6.45, 7) is 5.74. The zero-order chi connectivity index (χ0) is 18.8. The highest BCUT2D eigenvalue weighted by Crippen LogP contribution is 2.16. The molecule has 1 N–H and O–H groups in total. The van der Waals surface area contributed by atoms with E-state index in [0.717, 1.165) is 24.4 Å². The highest BCUT2D eigenvalue weighted by Gasteiger charge is 2.22. The monoisotopic (exact) mass is 360 g/mol. The number of amides is 3. The molecule has 1 aliphatic heterocycles. The average molecular weight is 360 g/mol. The zero-order valence-electron chi connectivity index (χ0n) is 15.6. The van der Waals surface area contributed by atoms with E-state index in [2.05, 4.69) is 15.6 Å². The average Bonchev–Trinajstić information content (AvgIpc) is 3.07. The maximum Gasteiger partial charge on any atom is 0.319 e. The summed E-state index contributed by atoms with van der Waals surface area (Å²) in [4.78, 5) is 28.0. The quantitative estimate of drug-likeness (QED) is 0.890. The maximum absolute atomic E-state index is 12.3. The molecule has 0 aromatic carbocycles. The molecule has 0 bridgehead atoms. The van der Waals surface area contributed by atoms with Crippen LogP contribution < -0.4 is 5.32 Å². The summed E-state index contributed by atoms with van der Waals surface area (Å²) in [7, 11) is 3.50. The Balaban J connectivity index is 1.68.